The van der Waals surface area contributed by atoms with Crippen LogP contribution in [0.25, 0.3) is 22.4 Å². The van der Waals surface area contributed by atoms with E-state index in [1.807, 2.05) is 0 Å². The van der Waals surface area contributed by atoms with Gasteiger partial charge in [-0.05, 0) is 30.5 Å². The van der Waals surface area contributed by atoms with Crippen molar-refractivity contribution in [3.8, 4) is 17.0 Å². The highest BCUT2D eigenvalue weighted by molar-refractivity contribution is 5.81. The van der Waals surface area contributed by atoms with E-state index < -0.39 is 48.4 Å². The Morgan fingerprint density at radius 2 is 1.95 bits per heavy atom. The number of rotatable bonds is 9. The summed E-state index contributed by atoms with van der Waals surface area (Å²) in [5.74, 6) is -2.20. The fraction of sp³-hybridized carbons (Fsp3) is 0.370. The van der Waals surface area contributed by atoms with Crippen molar-refractivity contribution in [2.24, 2.45) is 5.73 Å². The Morgan fingerprint density at radius 3 is 2.70 bits per heavy atom. The summed E-state index contributed by atoms with van der Waals surface area (Å²) in [4.78, 5) is 29.6. The van der Waals surface area contributed by atoms with Crippen molar-refractivity contribution in [2.45, 2.75) is 37.5 Å². The predicted octanol–water partition coefficient (Wildman–Crippen LogP) is 2.84. The van der Waals surface area contributed by atoms with E-state index in [-0.39, 0.29) is 36.6 Å². The van der Waals surface area contributed by atoms with Crippen molar-refractivity contribution in [1.29, 1.82) is 0 Å². The lowest BCUT2D eigenvalue weighted by Gasteiger charge is -2.44. The van der Waals surface area contributed by atoms with E-state index in [4.69, 9.17) is 16.2 Å². The Morgan fingerprint density at radius 1 is 1.16 bits per heavy atom. The summed E-state index contributed by atoms with van der Waals surface area (Å²) < 4.78 is 72.6. The van der Waals surface area contributed by atoms with Gasteiger partial charge >= 0.3 is 6.16 Å². The number of nitrogen functional groups attached to an aromatic ring is 1. The molecule has 4 heterocycles. The standard InChI is InChI=1S/C27H28F4N8O5/c1-42-26(41)44-13-43-20-7-16(28)15(6-17(20)29)18-5-14(9-39-12-37-21-24(32)35-11-36-25(21)39)19(8-34-18)38-4-2-3-27(33,10-38)22(40)23(30)31/h5-8,11-12,22-23,40H,2-4,9-10,13,33H2,1H3,(H2,32,35,36)/t22-,27-/m1/s1. The van der Waals surface area contributed by atoms with Crippen molar-refractivity contribution in [3.63, 3.8) is 0 Å². The summed E-state index contributed by atoms with van der Waals surface area (Å²) in [7, 11) is 1.08. The summed E-state index contributed by atoms with van der Waals surface area (Å²) >= 11 is 0. The summed E-state index contributed by atoms with van der Waals surface area (Å²) in [6, 6.07) is 3.17. The molecule has 0 amide bonds. The van der Waals surface area contributed by atoms with Gasteiger partial charge in [0.05, 0.1) is 43.1 Å². The minimum atomic E-state index is -3.04. The molecule has 5 N–H and O–H groups in total. The number of nitrogens with zero attached hydrogens (tertiary/aromatic N) is 6. The largest absolute Gasteiger partial charge is 0.510 e. The maximum absolute atomic E-state index is 15.3. The van der Waals surface area contributed by atoms with E-state index in [2.05, 4.69) is 29.4 Å². The molecular formula is C27H28F4N8O5. The molecule has 4 aromatic rings. The van der Waals surface area contributed by atoms with E-state index in [1.54, 1.807) is 9.47 Å². The van der Waals surface area contributed by atoms with Gasteiger partial charge in [0.25, 0.3) is 6.43 Å². The number of hydrogen-bond acceptors (Lipinski definition) is 12. The number of fused-ring (bicyclic) bond motifs is 1. The molecule has 13 nitrogen and oxygen atoms in total. The number of carbonyl (C=O) groups excluding carboxylic acids is 1. The molecule has 0 radical (unpaired) electrons. The second kappa shape index (κ2) is 12.5. The fourth-order valence-electron chi connectivity index (χ4n) is 5.09. The maximum Gasteiger partial charge on any atom is 0.510 e. The van der Waals surface area contributed by atoms with Crippen LogP contribution in [-0.4, -0.2) is 80.8 Å². The maximum atomic E-state index is 15.3. The molecule has 1 aliphatic heterocycles. The van der Waals surface area contributed by atoms with Crippen molar-refractivity contribution in [3.05, 3.63) is 54.2 Å². The number of halogens is 4. The number of nitrogens with two attached hydrogens (primary N) is 2. The summed E-state index contributed by atoms with van der Waals surface area (Å²) in [6.07, 6.45) is -1.45. The molecule has 1 aromatic carbocycles. The molecule has 0 saturated carbocycles. The number of aromatic nitrogens is 5. The highest BCUT2D eigenvalue weighted by Crippen LogP contribution is 2.35. The first-order chi connectivity index (χ1) is 21.0. The number of hydrogen-bond donors (Lipinski definition) is 3. The topological polar surface area (TPSA) is 177 Å². The van der Waals surface area contributed by atoms with Crippen LogP contribution >= 0.6 is 0 Å². The van der Waals surface area contributed by atoms with Crippen LogP contribution in [0.4, 0.5) is 33.9 Å². The number of methoxy groups -OCH3 is 1. The second-order valence-electron chi connectivity index (χ2n) is 10.2. The van der Waals surface area contributed by atoms with Crippen molar-refractivity contribution < 1.29 is 41.7 Å². The number of ether oxygens (including phenoxy) is 3. The van der Waals surface area contributed by atoms with Crippen LogP contribution in [0.3, 0.4) is 0 Å². The van der Waals surface area contributed by atoms with Gasteiger partial charge in [0.2, 0.25) is 6.79 Å². The smallest absolute Gasteiger partial charge is 0.454 e. The highest BCUT2D eigenvalue weighted by atomic mass is 19.3. The summed E-state index contributed by atoms with van der Waals surface area (Å²) in [5, 5.41) is 10.2. The quantitative estimate of drug-likeness (QED) is 0.142. The normalized spacial score (nSPS) is 17.6. The zero-order valence-electron chi connectivity index (χ0n) is 23.3. The van der Waals surface area contributed by atoms with Crippen LogP contribution in [0, 0.1) is 11.6 Å². The molecule has 5 rings (SSSR count). The lowest BCUT2D eigenvalue weighted by molar-refractivity contribution is -0.0529. The van der Waals surface area contributed by atoms with Gasteiger partial charge in [0.1, 0.15) is 23.8 Å². The molecule has 2 atom stereocenters. The van der Waals surface area contributed by atoms with E-state index >= 15 is 4.39 Å². The van der Waals surface area contributed by atoms with E-state index in [0.29, 0.717) is 35.4 Å². The van der Waals surface area contributed by atoms with E-state index in [9.17, 15) is 23.1 Å². The van der Waals surface area contributed by atoms with Gasteiger partial charge in [-0.3, -0.25) is 4.98 Å². The van der Waals surface area contributed by atoms with Gasteiger partial charge in [-0.1, -0.05) is 0 Å². The lowest BCUT2D eigenvalue weighted by Crippen LogP contribution is -2.63. The van der Waals surface area contributed by atoms with Crippen LogP contribution in [0.1, 0.15) is 18.4 Å². The van der Waals surface area contributed by atoms with Gasteiger partial charge in [-0.25, -0.2) is 37.3 Å². The minimum Gasteiger partial charge on any atom is -0.454 e. The third kappa shape index (κ3) is 6.14. The molecule has 0 spiro atoms. The molecule has 44 heavy (non-hydrogen) atoms. The molecule has 234 valence electrons. The number of imidazole rings is 1. The van der Waals surface area contributed by atoms with Crippen molar-refractivity contribution in [2.75, 3.05) is 37.6 Å². The van der Waals surface area contributed by atoms with Crippen LogP contribution in [-0.2, 0) is 16.0 Å². The van der Waals surface area contributed by atoms with Gasteiger partial charge in [0, 0.05) is 24.7 Å². The van der Waals surface area contributed by atoms with Crippen LogP contribution in [0.5, 0.6) is 5.75 Å². The number of aliphatic hydroxyl groups excluding tert-OH is 1. The van der Waals surface area contributed by atoms with Gasteiger partial charge in [0.15, 0.2) is 23.0 Å². The SMILES string of the molecule is COC(=O)OCOc1cc(F)c(-c2cc(Cn3cnc4c(N)ncnc43)c(N3CCC[C@](N)([C@H](O)C(F)F)C3)cn2)cc1F. The molecule has 1 fully saturated rings. The molecule has 17 heteroatoms. The van der Waals surface area contributed by atoms with Gasteiger partial charge in [-0.2, -0.15) is 0 Å². The first-order valence-corrected chi connectivity index (χ1v) is 13.2. The Labute approximate surface area is 247 Å². The van der Waals surface area contributed by atoms with E-state index in [1.165, 1.54) is 24.9 Å². The molecular weight excluding hydrogens is 592 g/mol. The third-order valence-corrected chi connectivity index (χ3v) is 7.32. The number of alkyl halides is 2. The summed E-state index contributed by atoms with van der Waals surface area (Å²) in [5.41, 5.74) is 12.1. The molecule has 0 unspecified atom stereocenters. The van der Waals surface area contributed by atoms with E-state index in [0.717, 1.165) is 19.2 Å². The monoisotopic (exact) mass is 620 g/mol. The molecule has 1 saturated heterocycles. The van der Waals surface area contributed by atoms with Gasteiger partial charge < -0.3 is 40.3 Å². The van der Waals surface area contributed by atoms with Crippen molar-refractivity contribution in [1.82, 2.24) is 24.5 Å². The van der Waals surface area contributed by atoms with Crippen molar-refractivity contribution >= 4 is 28.8 Å². The third-order valence-electron chi connectivity index (χ3n) is 7.32. The number of carbonyl (C=O) groups is 1. The fourth-order valence-corrected chi connectivity index (χ4v) is 5.09. The Kier molecular flexibility index (Phi) is 8.68. The number of pyridine rings is 1. The average Bonchev–Trinajstić information content (AvgIpc) is 3.41. The number of benzene rings is 1. The Bertz CT molecular complexity index is 1680. The predicted molar refractivity (Wildman–Crippen MR) is 148 cm³/mol. The molecule has 1 aliphatic rings. The summed E-state index contributed by atoms with van der Waals surface area (Å²) in [6.45, 7) is -0.342. The molecule has 0 aliphatic carbocycles. The van der Waals surface area contributed by atoms with Crippen LogP contribution in [0.15, 0.2) is 37.1 Å². The zero-order valence-corrected chi connectivity index (χ0v) is 23.3. The van der Waals surface area contributed by atoms with Gasteiger partial charge in [-0.15, -0.1) is 0 Å². The number of piperidine rings is 1. The first kappa shape index (κ1) is 30.7. The minimum absolute atomic E-state index is 0.0414. The average molecular weight is 621 g/mol. The molecule has 3 aromatic heterocycles. The Hall–Kier alpha value is -4.77. The van der Waals surface area contributed by atoms with Crippen LogP contribution in [0.2, 0.25) is 0 Å². The highest BCUT2D eigenvalue weighted by Gasteiger charge is 2.43. The molecule has 0 bridgehead atoms. The second-order valence-corrected chi connectivity index (χ2v) is 10.2. The van der Waals surface area contributed by atoms with Crippen LogP contribution < -0.4 is 21.1 Å². The zero-order chi connectivity index (χ0) is 31.6. The Balaban J connectivity index is 1.53. The number of aliphatic hydroxyl groups is 1. The first-order valence-electron chi connectivity index (χ1n) is 13.2. The number of anilines is 2. The lowest BCUT2D eigenvalue weighted by atomic mass is 9.84.